The van der Waals surface area contributed by atoms with Crippen LogP contribution in [0.15, 0.2) is 54.6 Å². The van der Waals surface area contributed by atoms with Crippen LogP contribution in [0.4, 0.5) is 4.39 Å². The molecule has 1 fully saturated rings. The monoisotopic (exact) mass is 297 g/mol. The summed E-state index contributed by atoms with van der Waals surface area (Å²) in [5.74, 6) is 0.167. The Morgan fingerprint density at radius 2 is 1.73 bits per heavy atom. The van der Waals surface area contributed by atoms with Crippen LogP contribution in [-0.4, -0.2) is 23.9 Å². The van der Waals surface area contributed by atoms with Crippen LogP contribution in [0.3, 0.4) is 0 Å². The summed E-state index contributed by atoms with van der Waals surface area (Å²) in [6.07, 6.45) is 3.17. The van der Waals surface area contributed by atoms with Crippen molar-refractivity contribution < 1.29 is 9.18 Å². The zero-order valence-electron chi connectivity index (χ0n) is 12.5. The van der Waals surface area contributed by atoms with Crippen LogP contribution >= 0.6 is 0 Å². The quantitative estimate of drug-likeness (QED) is 0.812. The van der Waals surface area contributed by atoms with Gasteiger partial charge in [-0.3, -0.25) is 4.79 Å². The van der Waals surface area contributed by atoms with E-state index >= 15 is 0 Å². The third-order valence-corrected chi connectivity index (χ3v) is 4.32. The van der Waals surface area contributed by atoms with E-state index in [0.29, 0.717) is 6.54 Å². The standard InChI is InChI=1S/C19H20FNO/c20-18-11-9-15(10-12-18)17-8-4-5-13-21(14-17)19(22)16-6-2-1-3-7-16/h1-3,6-7,9-12,17H,4-5,8,13-14H2. The molecule has 2 aromatic rings. The predicted molar refractivity (Wildman–Crippen MR) is 85.3 cm³/mol. The zero-order chi connectivity index (χ0) is 15.4. The fourth-order valence-electron chi connectivity index (χ4n) is 3.10. The van der Waals surface area contributed by atoms with Crippen molar-refractivity contribution in [2.75, 3.05) is 13.1 Å². The second-order valence-corrected chi connectivity index (χ2v) is 5.86. The van der Waals surface area contributed by atoms with E-state index in [1.54, 1.807) is 0 Å². The fraction of sp³-hybridized carbons (Fsp3) is 0.316. The molecule has 0 bridgehead atoms. The van der Waals surface area contributed by atoms with Crippen molar-refractivity contribution >= 4 is 5.91 Å². The smallest absolute Gasteiger partial charge is 0.253 e. The van der Waals surface area contributed by atoms with Gasteiger partial charge < -0.3 is 4.90 Å². The first-order valence-electron chi connectivity index (χ1n) is 7.84. The minimum atomic E-state index is -0.213. The maximum Gasteiger partial charge on any atom is 0.253 e. The van der Waals surface area contributed by atoms with E-state index in [1.165, 1.54) is 12.1 Å². The largest absolute Gasteiger partial charge is 0.338 e. The first kappa shape index (κ1) is 14.8. The molecule has 1 saturated heterocycles. The van der Waals surface area contributed by atoms with E-state index < -0.39 is 0 Å². The molecule has 3 heteroatoms. The number of likely N-dealkylation sites (tertiary alicyclic amines) is 1. The van der Waals surface area contributed by atoms with E-state index in [-0.39, 0.29) is 17.6 Å². The minimum absolute atomic E-state index is 0.0922. The molecular weight excluding hydrogens is 277 g/mol. The van der Waals surface area contributed by atoms with Gasteiger partial charge in [-0.05, 0) is 42.7 Å². The summed E-state index contributed by atoms with van der Waals surface area (Å²) in [6, 6.07) is 16.1. The third kappa shape index (κ3) is 3.35. The van der Waals surface area contributed by atoms with Gasteiger partial charge in [0.15, 0.2) is 0 Å². The number of rotatable bonds is 2. The van der Waals surface area contributed by atoms with Crippen LogP contribution < -0.4 is 0 Å². The summed E-state index contributed by atoms with van der Waals surface area (Å²) in [7, 11) is 0. The number of nitrogens with zero attached hydrogens (tertiary/aromatic N) is 1. The van der Waals surface area contributed by atoms with Crippen LogP contribution in [0.5, 0.6) is 0 Å². The van der Waals surface area contributed by atoms with Crippen molar-refractivity contribution in [3.05, 3.63) is 71.5 Å². The first-order valence-corrected chi connectivity index (χ1v) is 7.84. The highest BCUT2D eigenvalue weighted by molar-refractivity contribution is 5.94. The molecule has 1 aliphatic heterocycles. The van der Waals surface area contributed by atoms with Crippen molar-refractivity contribution in [2.24, 2.45) is 0 Å². The first-order chi connectivity index (χ1) is 10.7. The van der Waals surface area contributed by atoms with Gasteiger partial charge in [-0.25, -0.2) is 4.39 Å². The minimum Gasteiger partial charge on any atom is -0.338 e. The molecule has 0 saturated carbocycles. The normalized spacial score (nSPS) is 18.8. The zero-order valence-corrected chi connectivity index (χ0v) is 12.5. The molecule has 114 valence electrons. The number of amides is 1. The summed E-state index contributed by atoms with van der Waals surface area (Å²) < 4.78 is 13.1. The van der Waals surface area contributed by atoms with Gasteiger partial charge in [-0.1, -0.05) is 36.8 Å². The highest BCUT2D eigenvalue weighted by Gasteiger charge is 2.23. The highest BCUT2D eigenvalue weighted by atomic mass is 19.1. The molecule has 2 nitrogen and oxygen atoms in total. The average molecular weight is 297 g/mol. The SMILES string of the molecule is O=C(c1ccccc1)N1CCCCC(c2ccc(F)cc2)C1. The molecule has 0 N–H and O–H groups in total. The molecule has 0 radical (unpaired) electrons. The molecular formula is C19H20FNO. The van der Waals surface area contributed by atoms with Crippen LogP contribution in [0, 0.1) is 5.82 Å². The van der Waals surface area contributed by atoms with Crippen LogP contribution in [0.25, 0.3) is 0 Å². The van der Waals surface area contributed by atoms with Gasteiger partial charge in [0.2, 0.25) is 0 Å². The molecule has 0 spiro atoms. The summed E-state index contributed by atoms with van der Waals surface area (Å²) in [5.41, 5.74) is 1.86. The van der Waals surface area contributed by atoms with Gasteiger partial charge in [0.25, 0.3) is 5.91 Å². The fourth-order valence-corrected chi connectivity index (χ4v) is 3.10. The molecule has 22 heavy (non-hydrogen) atoms. The molecule has 1 unspecified atom stereocenters. The van der Waals surface area contributed by atoms with E-state index in [9.17, 15) is 9.18 Å². The second kappa shape index (κ2) is 6.73. The maximum atomic E-state index is 13.1. The Balaban J connectivity index is 1.78. The molecule has 1 amide bonds. The summed E-state index contributed by atoms with van der Waals surface area (Å²) >= 11 is 0. The lowest BCUT2D eigenvalue weighted by Crippen LogP contribution is -2.34. The number of hydrogen-bond donors (Lipinski definition) is 0. The molecule has 0 aromatic heterocycles. The number of benzene rings is 2. The maximum absolute atomic E-state index is 13.1. The summed E-state index contributed by atoms with van der Waals surface area (Å²) in [6.45, 7) is 1.50. The average Bonchev–Trinajstić information content (AvgIpc) is 2.82. The van der Waals surface area contributed by atoms with Crippen molar-refractivity contribution in [2.45, 2.75) is 25.2 Å². The Hall–Kier alpha value is -2.16. The van der Waals surface area contributed by atoms with Gasteiger partial charge in [0.1, 0.15) is 5.82 Å². The van der Waals surface area contributed by atoms with E-state index in [1.807, 2.05) is 47.4 Å². The molecule has 0 aliphatic carbocycles. The third-order valence-electron chi connectivity index (χ3n) is 4.32. The Morgan fingerprint density at radius 1 is 1.00 bits per heavy atom. The molecule has 1 aliphatic rings. The molecule has 1 heterocycles. The van der Waals surface area contributed by atoms with Gasteiger partial charge in [0.05, 0.1) is 0 Å². The van der Waals surface area contributed by atoms with Crippen molar-refractivity contribution in [3.63, 3.8) is 0 Å². The Morgan fingerprint density at radius 3 is 2.45 bits per heavy atom. The van der Waals surface area contributed by atoms with Gasteiger partial charge in [-0.15, -0.1) is 0 Å². The number of halogens is 1. The van der Waals surface area contributed by atoms with Crippen molar-refractivity contribution in [1.82, 2.24) is 4.90 Å². The lowest BCUT2D eigenvalue weighted by atomic mass is 9.94. The molecule has 3 rings (SSSR count). The van der Waals surface area contributed by atoms with Gasteiger partial charge in [-0.2, -0.15) is 0 Å². The molecule has 1 atom stereocenters. The Labute approximate surface area is 130 Å². The number of hydrogen-bond acceptors (Lipinski definition) is 1. The second-order valence-electron chi connectivity index (χ2n) is 5.86. The topological polar surface area (TPSA) is 20.3 Å². The lowest BCUT2D eigenvalue weighted by Gasteiger charge is -2.25. The predicted octanol–water partition coefficient (Wildman–Crippen LogP) is 4.24. The van der Waals surface area contributed by atoms with Crippen LogP contribution in [-0.2, 0) is 0 Å². The van der Waals surface area contributed by atoms with Gasteiger partial charge >= 0.3 is 0 Å². The van der Waals surface area contributed by atoms with E-state index in [4.69, 9.17) is 0 Å². The summed E-state index contributed by atoms with van der Waals surface area (Å²) in [4.78, 5) is 14.6. The Kier molecular flexibility index (Phi) is 4.52. The van der Waals surface area contributed by atoms with Crippen LogP contribution in [0.2, 0.25) is 0 Å². The van der Waals surface area contributed by atoms with Crippen molar-refractivity contribution in [3.8, 4) is 0 Å². The van der Waals surface area contributed by atoms with E-state index in [0.717, 1.165) is 36.9 Å². The number of carbonyl (C=O) groups is 1. The molecule has 2 aromatic carbocycles. The van der Waals surface area contributed by atoms with Crippen LogP contribution in [0.1, 0.15) is 41.1 Å². The Bertz CT molecular complexity index is 624. The highest BCUT2D eigenvalue weighted by Crippen LogP contribution is 2.27. The lowest BCUT2D eigenvalue weighted by molar-refractivity contribution is 0.0754. The van der Waals surface area contributed by atoms with E-state index in [2.05, 4.69) is 0 Å². The van der Waals surface area contributed by atoms with Gasteiger partial charge in [0, 0.05) is 24.6 Å². The number of carbonyl (C=O) groups excluding carboxylic acids is 1. The van der Waals surface area contributed by atoms with Crippen molar-refractivity contribution in [1.29, 1.82) is 0 Å². The summed E-state index contributed by atoms with van der Waals surface area (Å²) in [5, 5.41) is 0.